The Kier molecular flexibility index (Phi) is 2.34. The van der Waals surface area contributed by atoms with Gasteiger partial charge in [-0.15, -0.1) is 0 Å². The summed E-state index contributed by atoms with van der Waals surface area (Å²) in [5.74, 6) is -0.180. The fourth-order valence-electron chi connectivity index (χ4n) is 1.90. The Bertz CT molecular complexity index is 569. The molecule has 1 aromatic carbocycles. The van der Waals surface area contributed by atoms with E-state index in [1.807, 2.05) is 19.1 Å². The number of benzene rings is 1. The molecule has 84 valence electrons. The number of nitrogens with zero attached hydrogens (tertiary/aromatic N) is 1. The van der Waals surface area contributed by atoms with Crippen LogP contribution >= 0.6 is 0 Å². The molecule has 0 aliphatic rings. The lowest BCUT2D eigenvalue weighted by molar-refractivity contribution is 0.0687. The summed E-state index contributed by atoms with van der Waals surface area (Å²) < 4.78 is 6.83. The van der Waals surface area contributed by atoms with E-state index >= 15 is 0 Å². The largest absolute Gasteiger partial charge is 0.497 e. The molecule has 0 bridgehead atoms. The van der Waals surface area contributed by atoms with Crippen molar-refractivity contribution in [3.05, 3.63) is 29.5 Å². The molecule has 0 fully saturated rings. The van der Waals surface area contributed by atoms with Gasteiger partial charge in [0.25, 0.3) is 0 Å². The maximum Gasteiger partial charge on any atom is 0.352 e. The standard InChI is InChI=1S/C12H13NO3/c1-7-4-8(16-3)5-10-9(7)6-11(12(14)15)13(10)2/h4-6H,1-3H3,(H,14,15). The Balaban J connectivity index is 2.81. The predicted molar refractivity (Wildman–Crippen MR) is 61.2 cm³/mol. The summed E-state index contributed by atoms with van der Waals surface area (Å²) in [6, 6.07) is 5.43. The first kappa shape index (κ1) is 10.5. The van der Waals surface area contributed by atoms with Crippen molar-refractivity contribution in [3.8, 4) is 5.75 Å². The maximum absolute atomic E-state index is 11.0. The van der Waals surface area contributed by atoms with Gasteiger partial charge in [-0.2, -0.15) is 0 Å². The monoisotopic (exact) mass is 219 g/mol. The molecule has 4 nitrogen and oxygen atoms in total. The molecule has 0 saturated carbocycles. The average Bonchev–Trinajstić information content (AvgIpc) is 2.57. The molecule has 1 N–H and O–H groups in total. The fraction of sp³-hybridized carbons (Fsp3) is 0.250. The predicted octanol–water partition coefficient (Wildman–Crippen LogP) is 2.19. The first-order valence-electron chi connectivity index (χ1n) is 4.92. The number of aromatic carboxylic acids is 1. The van der Waals surface area contributed by atoms with E-state index in [0.29, 0.717) is 0 Å². The molecule has 2 rings (SSSR count). The summed E-state index contributed by atoms with van der Waals surface area (Å²) in [5, 5.41) is 9.98. The van der Waals surface area contributed by atoms with Crippen molar-refractivity contribution in [1.29, 1.82) is 0 Å². The van der Waals surface area contributed by atoms with Gasteiger partial charge in [-0.1, -0.05) is 0 Å². The second-order valence-corrected chi connectivity index (χ2v) is 3.77. The van der Waals surface area contributed by atoms with E-state index in [1.54, 1.807) is 24.8 Å². The topological polar surface area (TPSA) is 51.5 Å². The van der Waals surface area contributed by atoms with Crippen LogP contribution in [0.4, 0.5) is 0 Å². The normalized spacial score (nSPS) is 10.7. The molecule has 0 saturated heterocycles. The van der Waals surface area contributed by atoms with Crippen LogP contribution in [0.1, 0.15) is 16.1 Å². The van der Waals surface area contributed by atoms with Crippen LogP contribution in [0.3, 0.4) is 0 Å². The highest BCUT2D eigenvalue weighted by Crippen LogP contribution is 2.27. The Labute approximate surface area is 93.1 Å². The molecule has 0 atom stereocenters. The summed E-state index contributed by atoms with van der Waals surface area (Å²) in [7, 11) is 3.34. The van der Waals surface area contributed by atoms with Gasteiger partial charge in [0, 0.05) is 18.5 Å². The zero-order valence-electron chi connectivity index (χ0n) is 9.44. The van der Waals surface area contributed by atoms with E-state index in [-0.39, 0.29) is 5.69 Å². The zero-order chi connectivity index (χ0) is 11.9. The number of aromatic nitrogens is 1. The third kappa shape index (κ3) is 1.43. The minimum Gasteiger partial charge on any atom is -0.497 e. The van der Waals surface area contributed by atoms with Crippen molar-refractivity contribution >= 4 is 16.9 Å². The number of fused-ring (bicyclic) bond motifs is 1. The molecule has 0 spiro atoms. The summed E-state index contributed by atoms with van der Waals surface area (Å²) >= 11 is 0. The van der Waals surface area contributed by atoms with Crippen LogP contribution in [0.15, 0.2) is 18.2 Å². The van der Waals surface area contributed by atoms with Crippen LogP contribution in [0.5, 0.6) is 5.75 Å². The lowest BCUT2D eigenvalue weighted by atomic mass is 10.1. The first-order chi connectivity index (χ1) is 7.54. The van der Waals surface area contributed by atoms with Crippen LogP contribution < -0.4 is 4.74 Å². The fourth-order valence-corrected chi connectivity index (χ4v) is 1.90. The van der Waals surface area contributed by atoms with Gasteiger partial charge >= 0.3 is 5.97 Å². The molecule has 2 aromatic rings. The SMILES string of the molecule is COc1cc(C)c2cc(C(=O)O)n(C)c2c1. The first-order valence-corrected chi connectivity index (χ1v) is 4.92. The highest BCUT2D eigenvalue weighted by molar-refractivity contribution is 5.96. The third-order valence-corrected chi connectivity index (χ3v) is 2.80. The molecule has 0 aliphatic heterocycles. The van der Waals surface area contributed by atoms with Gasteiger partial charge in [0.2, 0.25) is 0 Å². The van der Waals surface area contributed by atoms with Gasteiger partial charge in [0.1, 0.15) is 11.4 Å². The van der Waals surface area contributed by atoms with Gasteiger partial charge in [0.05, 0.1) is 12.6 Å². The lowest BCUT2D eigenvalue weighted by Crippen LogP contribution is -2.03. The van der Waals surface area contributed by atoms with Crippen molar-refractivity contribution in [1.82, 2.24) is 4.57 Å². The minimum atomic E-state index is -0.919. The Morgan fingerprint density at radius 1 is 1.38 bits per heavy atom. The van der Waals surface area contributed by atoms with Crippen LogP contribution in [-0.2, 0) is 7.05 Å². The molecule has 1 aromatic heterocycles. The van der Waals surface area contributed by atoms with Crippen molar-refractivity contribution in [2.75, 3.05) is 7.11 Å². The molecule has 16 heavy (non-hydrogen) atoms. The van der Waals surface area contributed by atoms with Crippen molar-refractivity contribution in [2.24, 2.45) is 7.05 Å². The van der Waals surface area contributed by atoms with Crippen LogP contribution in [0.2, 0.25) is 0 Å². The van der Waals surface area contributed by atoms with Crippen molar-refractivity contribution in [3.63, 3.8) is 0 Å². The van der Waals surface area contributed by atoms with Crippen LogP contribution in [0.25, 0.3) is 10.9 Å². The molecular formula is C12H13NO3. The summed E-state index contributed by atoms with van der Waals surface area (Å²) in [4.78, 5) is 11.0. The summed E-state index contributed by atoms with van der Waals surface area (Å²) in [6.07, 6.45) is 0. The highest BCUT2D eigenvalue weighted by Gasteiger charge is 2.13. The number of methoxy groups -OCH3 is 1. The molecule has 0 radical (unpaired) electrons. The smallest absolute Gasteiger partial charge is 0.352 e. The number of hydrogen-bond donors (Lipinski definition) is 1. The Morgan fingerprint density at radius 3 is 2.62 bits per heavy atom. The second kappa shape index (κ2) is 3.56. The number of ether oxygens (including phenoxy) is 1. The van der Waals surface area contributed by atoms with Gasteiger partial charge in [-0.3, -0.25) is 0 Å². The Morgan fingerprint density at radius 2 is 2.06 bits per heavy atom. The second-order valence-electron chi connectivity index (χ2n) is 3.77. The van der Waals surface area contributed by atoms with E-state index < -0.39 is 5.97 Å². The summed E-state index contributed by atoms with van der Waals surface area (Å²) in [6.45, 7) is 1.94. The number of carboxylic acids is 1. The van der Waals surface area contributed by atoms with Crippen LogP contribution in [0, 0.1) is 6.92 Å². The molecule has 0 aliphatic carbocycles. The molecule has 1 heterocycles. The summed E-state index contributed by atoms with van der Waals surface area (Å²) in [5.41, 5.74) is 2.16. The molecule has 4 heteroatoms. The zero-order valence-corrected chi connectivity index (χ0v) is 9.44. The van der Waals surface area contributed by atoms with E-state index in [1.165, 1.54) is 0 Å². The van der Waals surface area contributed by atoms with Gasteiger partial charge < -0.3 is 14.4 Å². The van der Waals surface area contributed by atoms with E-state index in [4.69, 9.17) is 9.84 Å². The Hall–Kier alpha value is -1.97. The number of carbonyl (C=O) groups is 1. The van der Waals surface area contributed by atoms with Gasteiger partial charge in [0.15, 0.2) is 0 Å². The highest BCUT2D eigenvalue weighted by atomic mass is 16.5. The minimum absolute atomic E-state index is 0.284. The van der Waals surface area contributed by atoms with Gasteiger partial charge in [-0.05, 0) is 24.6 Å². The maximum atomic E-state index is 11.0. The molecule has 0 unspecified atom stereocenters. The molecule has 0 amide bonds. The van der Waals surface area contributed by atoms with E-state index in [2.05, 4.69) is 0 Å². The molecular weight excluding hydrogens is 206 g/mol. The number of hydrogen-bond acceptors (Lipinski definition) is 2. The quantitative estimate of drug-likeness (QED) is 0.842. The number of carboxylic acid groups (broad SMARTS) is 1. The van der Waals surface area contributed by atoms with Crippen molar-refractivity contribution < 1.29 is 14.6 Å². The third-order valence-electron chi connectivity index (χ3n) is 2.80. The van der Waals surface area contributed by atoms with E-state index in [0.717, 1.165) is 22.2 Å². The average molecular weight is 219 g/mol. The van der Waals surface area contributed by atoms with Gasteiger partial charge in [-0.25, -0.2) is 4.79 Å². The van der Waals surface area contributed by atoms with Crippen molar-refractivity contribution in [2.45, 2.75) is 6.92 Å². The lowest BCUT2D eigenvalue weighted by Gasteiger charge is -2.04. The van der Waals surface area contributed by atoms with Crippen LogP contribution in [-0.4, -0.2) is 22.8 Å². The number of rotatable bonds is 2. The van der Waals surface area contributed by atoms with E-state index in [9.17, 15) is 4.79 Å². The number of aryl methyl sites for hydroxylation is 2.